The lowest BCUT2D eigenvalue weighted by Gasteiger charge is -2.62. The fourth-order valence-corrected chi connectivity index (χ4v) is 9.46. The van der Waals surface area contributed by atoms with Gasteiger partial charge in [0.1, 0.15) is 0 Å². The Labute approximate surface area is 222 Å². The fraction of sp³-hybridized carbons (Fsp3) is 0.900. The molecule has 4 rings (SSSR count). The Morgan fingerprint density at radius 1 is 0.919 bits per heavy atom. The van der Waals surface area contributed by atoms with Crippen LogP contribution in [0.25, 0.3) is 0 Å². The van der Waals surface area contributed by atoms with Crippen LogP contribution in [0.5, 0.6) is 0 Å². The van der Waals surface area contributed by atoms with Crippen molar-refractivity contribution >= 4 is 17.9 Å². The zero-order chi connectivity index (χ0) is 26.8. The average Bonchev–Trinajstić information content (AvgIpc) is 3.21. The van der Waals surface area contributed by atoms with E-state index in [-0.39, 0.29) is 37.2 Å². The van der Waals surface area contributed by atoms with E-state index in [2.05, 4.69) is 20.8 Å². The lowest BCUT2D eigenvalue weighted by Crippen LogP contribution is -2.58. The molecule has 210 valence electrons. The van der Waals surface area contributed by atoms with Crippen LogP contribution in [-0.4, -0.2) is 41.0 Å². The molecule has 4 aliphatic rings. The molecule has 0 aromatic carbocycles. The normalized spacial score (nSPS) is 39.6. The molecule has 7 nitrogen and oxygen atoms in total. The molecule has 0 amide bonds. The Kier molecular flexibility index (Phi) is 8.92. The van der Waals surface area contributed by atoms with Crippen molar-refractivity contribution in [2.24, 2.45) is 46.3 Å². The smallest absolute Gasteiger partial charge is 0.308 e. The second-order valence-electron chi connectivity index (χ2n) is 13.1. The number of ether oxygens (including phenoxy) is 2. The van der Waals surface area contributed by atoms with Gasteiger partial charge in [0, 0.05) is 19.3 Å². The lowest BCUT2D eigenvalue weighted by molar-refractivity contribution is -0.170. The van der Waals surface area contributed by atoms with Crippen LogP contribution in [0.3, 0.4) is 0 Å². The molecular formula is C30H48O7. The minimum atomic E-state index is -0.956. The summed E-state index contributed by atoms with van der Waals surface area (Å²) in [5.41, 5.74) is 0.310. The van der Waals surface area contributed by atoms with Gasteiger partial charge in [-0.15, -0.1) is 0 Å². The number of aliphatic hydroxyl groups is 1. The monoisotopic (exact) mass is 520 g/mol. The van der Waals surface area contributed by atoms with Crippen molar-refractivity contribution in [3.63, 3.8) is 0 Å². The minimum absolute atomic E-state index is 0.00764. The van der Waals surface area contributed by atoms with Crippen LogP contribution in [0.15, 0.2) is 0 Å². The minimum Gasteiger partial charge on any atom is -0.481 e. The summed E-state index contributed by atoms with van der Waals surface area (Å²) in [6, 6.07) is 0. The van der Waals surface area contributed by atoms with E-state index in [4.69, 9.17) is 14.6 Å². The Morgan fingerprint density at radius 2 is 1.65 bits per heavy atom. The molecule has 4 aliphatic carbocycles. The van der Waals surface area contributed by atoms with Gasteiger partial charge >= 0.3 is 17.9 Å². The first-order valence-corrected chi connectivity index (χ1v) is 14.8. The summed E-state index contributed by atoms with van der Waals surface area (Å²) in [6.07, 6.45) is 12.1. The molecule has 7 heteroatoms. The molecule has 0 aliphatic heterocycles. The number of aliphatic hydroxyl groups excluding tert-OH is 1. The van der Waals surface area contributed by atoms with Crippen LogP contribution in [-0.2, 0) is 23.9 Å². The van der Waals surface area contributed by atoms with Gasteiger partial charge in [-0.3, -0.25) is 14.4 Å². The van der Waals surface area contributed by atoms with E-state index in [1.165, 1.54) is 44.9 Å². The molecule has 0 heterocycles. The number of carbonyl (C=O) groups is 3. The van der Waals surface area contributed by atoms with Crippen LogP contribution in [0.4, 0.5) is 0 Å². The predicted molar refractivity (Wildman–Crippen MR) is 138 cm³/mol. The Balaban J connectivity index is 1.27. The van der Waals surface area contributed by atoms with Crippen molar-refractivity contribution in [1.29, 1.82) is 0 Å². The number of aliphatic carboxylic acids is 1. The van der Waals surface area contributed by atoms with Gasteiger partial charge in [0.15, 0.2) is 0 Å². The predicted octanol–water partition coefficient (Wildman–Crippen LogP) is 5.72. The van der Waals surface area contributed by atoms with E-state index in [0.29, 0.717) is 35.5 Å². The number of esters is 2. The second-order valence-corrected chi connectivity index (χ2v) is 13.1. The molecule has 37 heavy (non-hydrogen) atoms. The molecular weight excluding hydrogens is 472 g/mol. The topological polar surface area (TPSA) is 110 Å². The molecule has 4 unspecified atom stereocenters. The molecule has 0 aromatic heterocycles. The average molecular weight is 521 g/mol. The fourth-order valence-electron chi connectivity index (χ4n) is 9.46. The molecule has 9 atom stereocenters. The van der Waals surface area contributed by atoms with Crippen LogP contribution in [0, 0.1) is 46.3 Å². The number of hydrogen-bond acceptors (Lipinski definition) is 6. The largest absolute Gasteiger partial charge is 0.481 e. The van der Waals surface area contributed by atoms with E-state index < -0.39 is 24.7 Å². The quantitative estimate of drug-likeness (QED) is 0.280. The third kappa shape index (κ3) is 5.72. The van der Waals surface area contributed by atoms with Crippen LogP contribution >= 0.6 is 0 Å². The van der Waals surface area contributed by atoms with E-state index in [0.717, 1.165) is 24.7 Å². The van der Waals surface area contributed by atoms with E-state index >= 15 is 0 Å². The van der Waals surface area contributed by atoms with Crippen molar-refractivity contribution in [1.82, 2.24) is 0 Å². The van der Waals surface area contributed by atoms with Crippen LogP contribution < -0.4 is 0 Å². The molecule has 0 saturated heterocycles. The van der Waals surface area contributed by atoms with E-state index in [9.17, 15) is 19.5 Å². The van der Waals surface area contributed by atoms with E-state index in [1.54, 1.807) is 0 Å². The van der Waals surface area contributed by atoms with Gasteiger partial charge < -0.3 is 19.7 Å². The van der Waals surface area contributed by atoms with Crippen LogP contribution in [0.2, 0.25) is 0 Å². The highest BCUT2D eigenvalue weighted by Crippen LogP contribution is 2.68. The van der Waals surface area contributed by atoms with Gasteiger partial charge in [-0.1, -0.05) is 33.6 Å². The Bertz CT molecular complexity index is 842. The molecule has 4 saturated carbocycles. The van der Waals surface area contributed by atoms with Crippen molar-refractivity contribution in [2.75, 3.05) is 6.79 Å². The standard InChI is InChI=1S/C30H48O7/c1-19(10-15-28(35)37-18-36-27(34)9-6-8-26(32)33)22-13-14-23-21-12-11-20-7-4-5-16-29(20,2)24(21)17-25(31)30(22,23)3/h19-25,31H,4-18H2,1-3H3,(H,32,33)/t19-,20+,21?,22?,23?,24?,25+,29+,30-/m1/s1. The number of carboxylic acids is 1. The summed E-state index contributed by atoms with van der Waals surface area (Å²) in [6.45, 7) is 6.66. The first kappa shape index (κ1) is 28.4. The summed E-state index contributed by atoms with van der Waals surface area (Å²) < 4.78 is 9.98. The Morgan fingerprint density at radius 3 is 2.38 bits per heavy atom. The molecule has 0 spiro atoms. The lowest BCUT2D eigenvalue weighted by atomic mass is 9.44. The maximum absolute atomic E-state index is 12.3. The number of carbonyl (C=O) groups excluding carboxylic acids is 2. The first-order valence-electron chi connectivity index (χ1n) is 14.8. The van der Waals surface area contributed by atoms with Crippen molar-refractivity contribution in [2.45, 2.75) is 117 Å². The van der Waals surface area contributed by atoms with Gasteiger partial charge in [0.25, 0.3) is 0 Å². The maximum atomic E-state index is 12.3. The SMILES string of the molecule is C[C@H](CCC(=O)OCOC(=O)CCCC(=O)O)C1CCC2C3CC[C@@H]4CCCC[C@]4(C)C3C[C@H](O)[C@@]21C. The van der Waals surface area contributed by atoms with Crippen molar-refractivity contribution < 1.29 is 34.1 Å². The number of rotatable bonds is 10. The Hall–Kier alpha value is -1.63. The summed E-state index contributed by atoms with van der Waals surface area (Å²) >= 11 is 0. The highest BCUT2D eigenvalue weighted by Gasteiger charge is 2.63. The number of fused-ring (bicyclic) bond motifs is 5. The van der Waals surface area contributed by atoms with Gasteiger partial charge in [0.2, 0.25) is 6.79 Å². The van der Waals surface area contributed by atoms with Gasteiger partial charge in [0.05, 0.1) is 6.10 Å². The maximum Gasteiger partial charge on any atom is 0.308 e. The van der Waals surface area contributed by atoms with Crippen molar-refractivity contribution in [3.8, 4) is 0 Å². The second kappa shape index (κ2) is 11.6. The van der Waals surface area contributed by atoms with E-state index in [1.807, 2.05) is 0 Å². The summed E-state index contributed by atoms with van der Waals surface area (Å²) in [4.78, 5) is 34.4. The third-order valence-electron chi connectivity index (χ3n) is 11.5. The highest BCUT2D eigenvalue weighted by molar-refractivity contribution is 5.72. The zero-order valence-corrected chi connectivity index (χ0v) is 23.1. The van der Waals surface area contributed by atoms with Gasteiger partial charge in [-0.2, -0.15) is 0 Å². The number of carboxylic acid groups (broad SMARTS) is 1. The highest BCUT2D eigenvalue weighted by atomic mass is 16.7. The molecule has 0 radical (unpaired) electrons. The first-order chi connectivity index (χ1) is 17.6. The zero-order valence-electron chi connectivity index (χ0n) is 23.1. The molecule has 0 aromatic rings. The molecule has 2 N–H and O–H groups in total. The van der Waals surface area contributed by atoms with Gasteiger partial charge in [-0.05, 0) is 104 Å². The summed E-state index contributed by atoms with van der Waals surface area (Å²) in [5.74, 6) is 1.56. The summed E-state index contributed by atoms with van der Waals surface area (Å²) in [7, 11) is 0. The van der Waals surface area contributed by atoms with Gasteiger partial charge in [-0.25, -0.2) is 0 Å². The number of hydrogen-bond donors (Lipinski definition) is 2. The summed E-state index contributed by atoms with van der Waals surface area (Å²) in [5, 5.41) is 20.3. The van der Waals surface area contributed by atoms with Crippen molar-refractivity contribution in [3.05, 3.63) is 0 Å². The molecule has 0 bridgehead atoms. The van der Waals surface area contributed by atoms with Crippen LogP contribution in [0.1, 0.15) is 111 Å². The third-order valence-corrected chi connectivity index (χ3v) is 11.5. The molecule has 4 fully saturated rings.